The molecule has 0 aromatic heterocycles. The lowest BCUT2D eigenvalue weighted by atomic mass is 9.73. The molecule has 6 heteroatoms. The van der Waals surface area contributed by atoms with Gasteiger partial charge in [0.25, 0.3) is 5.92 Å². The molecule has 0 amide bonds. The zero-order valence-corrected chi connectivity index (χ0v) is 8.19. The summed E-state index contributed by atoms with van der Waals surface area (Å²) in [5, 5.41) is 11.4. The molecule has 3 atom stereocenters. The number of hydrogen-bond acceptors (Lipinski definition) is 2. The molecule has 3 rings (SSSR count). The summed E-state index contributed by atoms with van der Waals surface area (Å²) in [6.45, 7) is 0. The first kappa shape index (κ1) is 11.7. The number of aliphatic carboxylic acids is 1. The fraction of sp³-hybridized carbons (Fsp3) is 0.875. The van der Waals surface area contributed by atoms with Crippen molar-refractivity contribution in [3.8, 4) is 0 Å². The number of alkyl halides is 2. The van der Waals surface area contributed by atoms with Gasteiger partial charge in [0.2, 0.25) is 0 Å². The topological polar surface area (TPSA) is 49.3 Å². The van der Waals surface area contributed by atoms with Crippen molar-refractivity contribution in [2.75, 3.05) is 0 Å². The van der Waals surface area contributed by atoms with Crippen molar-refractivity contribution >= 4 is 18.4 Å². The van der Waals surface area contributed by atoms with E-state index >= 15 is 0 Å². The van der Waals surface area contributed by atoms with Crippen molar-refractivity contribution in [1.29, 1.82) is 0 Å². The molecular formula is C8H12ClF2NO2. The first-order chi connectivity index (χ1) is 6.00. The van der Waals surface area contributed by atoms with E-state index in [1.165, 1.54) is 0 Å². The minimum atomic E-state index is -2.79. The number of carboxylic acids is 1. The molecule has 2 N–H and O–H groups in total. The van der Waals surface area contributed by atoms with Crippen LogP contribution in [0.4, 0.5) is 8.78 Å². The monoisotopic (exact) mass is 227 g/mol. The van der Waals surface area contributed by atoms with Gasteiger partial charge in [0.1, 0.15) is 6.04 Å². The minimum Gasteiger partial charge on any atom is -0.480 e. The van der Waals surface area contributed by atoms with Gasteiger partial charge in [0, 0.05) is 18.4 Å². The smallest absolute Gasteiger partial charge is 0.321 e. The van der Waals surface area contributed by atoms with Crippen molar-refractivity contribution in [3.63, 3.8) is 0 Å². The summed E-state index contributed by atoms with van der Waals surface area (Å²) in [7, 11) is 0. The molecule has 3 nitrogen and oxygen atoms in total. The summed E-state index contributed by atoms with van der Waals surface area (Å²) in [6, 6.07) is -1.37. The van der Waals surface area contributed by atoms with Gasteiger partial charge in [-0.1, -0.05) is 0 Å². The maximum atomic E-state index is 13.2. The molecule has 0 aromatic rings. The normalized spacial score (nSPS) is 38.9. The van der Waals surface area contributed by atoms with Crippen LogP contribution >= 0.6 is 12.4 Å². The number of fused-ring (bicyclic) bond motifs is 3. The predicted molar refractivity (Wildman–Crippen MR) is 47.9 cm³/mol. The molecule has 0 aromatic carbocycles. The maximum Gasteiger partial charge on any atom is 0.321 e. The third kappa shape index (κ3) is 1.70. The molecular weight excluding hydrogens is 216 g/mol. The summed E-state index contributed by atoms with van der Waals surface area (Å²) >= 11 is 0. The summed E-state index contributed by atoms with van der Waals surface area (Å²) < 4.78 is 26.4. The van der Waals surface area contributed by atoms with Gasteiger partial charge in [-0.15, -0.1) is 12.4 Å². The van der Waals surface area contributed by atoms with Crippen LogP contribution in [0.5, 0.6) is 0 Å². The van der Waals surface area contributed by atoms with E-state index in [9.17, 15) is 13.6 Å². The summed E-state index contributed by atoms with van der Waals surface area (Å²) in [6.07, 6.45) is 0.785. The Morgan fingerprint density at radius 3 is 2.43 bits per heavy atom. The molecule has 1 saturated carbocycles. The van der Waals surface area contributed by atoms with Crippen molar-refractivity contribution in [3.05, 3.63) is 0 Å². The molecule has 3 fully saturated rings. The van der Waals surface area contributed by atoms with E-state index in [4.69, 9.17) is 5.11 Å². The van der Waals surface area contributed by atoms with Crippen molar-refractivity contribution in [1.82, 2.24) is 5.32 Å². The average molecular weight is 228 g/mol. The molecule has 2 unspecified atom stereocenters. The van der Waals surface area contributed by atoms with E-state index in [0.717, 1.165) is 0 Å². The molecule has 82 valence electrons. The van der Waals surface area contributed by atoms with Crippen molar-refractivity contribution in [2.24, 2.45) is 5.92 Å². The lowest BCUT2D eigenvalue weighted by molar-refractivity contribution is -0.165. The van der Waals surface area contributed by atoms with Crippen LogP contribution in [0, 0.1) is 5.92 Å². The van der Waals surface area contributed by atoms with Gasteiger partial charge in [-0.25, -0.2) is 8.78 Å². The van der Waals surface area contributed by atoms with Gasteiger partial charge >= 0.3 is 5.97 Å². The highest BCUT2D eigenvalue weighted by molar-refractivity contribution is 5.85. The Hall–Kier alpha value is -0.420. The zero-order chi connectivity index (χ0) is 9.64. The van der Waals surface area contributed by atoms with Crippen molar-refractivity contribution in [2.45, 2.75) is 37.3 Å². The number of carbonyl (C=O) groups is 1. The number of hydrogen-bond donors (Lipinski definition) is 2. The van der Waals surface area contributed by atoms with Crippen LogP contribution in [-0.2, 0) is 4.79 Å². The number of nitrogens with one attached hydrogen (secondary N) is 1. The van der Waals surface area contributed by atoms with Crippen LogP contribution in [0.2, 0.25) is 0 Å². The van der Waals surface area contributed by atoms with E-state index < -0.39 is 23.9 Å². The predicted octanol–water partition coefficient (Wildman–Crippen LogP) is 1.27. The summed E-state index contributed by atoms with van der Waals surface area (Å²) in [5.74, 6) is -4.97. The summed E-state index contributed by atoms with van der Waals surface area (Å²) in [4.78, 5) is 10.6. The Bertz CT molecular complexity index is 249. The molecule has 2 saturated heterocycles. The highest BCUT2D eigenvalue weighted by Gasteiger charge is 2.55. The average Bonchev–Trinajstić information content (AvgIpc) is 2.02. The molecule has 3 aliphatic rings. The zero-order valence-electron chi connectivity index (χ0n) is 7.37. The molecule has 2 heterocycles. The highest BCUT2D eigenvalue weighted by atomic mass is 35.5. The molecule has 0 spiro atoms. The third-order valence-corrected chi connectivity index (χ3v) is 2.97. The van der Waals surface area contributed by atoms with Crippen molar-refractivity contribution < 1.29 is 18.7 Å². The molecule has 0 radical (unpaired) electrons. The van der Waals surface area contributed by atoms with E-state index in [1.54, 1.807) is 0 Å². The van der Waals surface area contributed by atoms with Gasteiger partial charge in [0.15, 0.2) is 0 Å². The number of carboxylic acid groups (broad SMARTS) is 1. The van der Waals surface area contributed by atoms with Gasteiger partial charge in [0.05, 0.1) is 0 Å². The van der Waals surface area contributed by atoms with Gasteiger partial charge in [-0.2, -0.15) is 0 Å². The van der Waals surface area contributed by atoms with Crippen LogP contribution in [0.1, 0.15) is 19.3 Å². The molecule has 14 heavy (non-hydrogen) atoms. The van der Waals surface area contributed by atoms with E-state index in [-0.39, 0.29) is 24.9 Å². The largest absolute Gasteiger partial charge is 0.480 e. The number of piperidine rings is 2. The second kappa shape index (κ2) is 3.62. The Labute approximate surface area is 86.3 Å². The Morgan fingerprint density at radius 2 is 2.07 bits per heavy atom. The lowest BCUT2D eigenvalue weighted by Gasteiger charge is -2.46. The van der Waals surface area contributed by atoms with Crippen LogP contribution in [-0.4, -0.2) is 29.1 Å². The van der Waals surface area contributed by atoms with Crippen LogP contribution in [0.25, 0.3) is 0 Å². The quantitative estimate of drug-likeness (QED) is 0.709. The minimum absolute atomic E-state index is 0. The van der Waals surface area contributed by atoms with Gasteiger partial charge in [-0.05, 0) is 12.8 Å². The summed E-state index contributed by atoms with van der Waals surface area (Å²) in [5.41, 5.74) is 0. The Morgan fingerprint density at radius 1 is 1.43 bits per heavy atom. The SMILES string of the molecule is Cl.O=C(O)[C@H]1NC2CCC1C(F)(F)C2. The van der Waals surface area contributed by atoms with Gasteiger partial charge < -0.3 is 10.4 Å². The molecule has 1 aliphatic carbocycles. The number of halogens is 3. The lowest BCUT2D eigenvalue weighted by Crippen LogP contribution is -2.63. The molecule has 2 aliphatic heterocycles. The fourth-order valence-electron chi connectivity index (χ4n) is 2.34. The molecule has 2 bridgehead atoms. The van der Waals surface area contributed by atoms with E-state index in [2.05, 4.69) is 5.32 Å². The van der Waals surface area contributed by atoms with Crippen LogP contribution in [0.3, 0.4) is 0 Å². The first-order valence-corrected chi connectivity index (χ1v) is 4.37. The van der Waals surface area contributed by atoms with Crippen LogP contribution < -0.4 is 5.32 Å². The van der Waals surface area contributed by atoms with Crippen LogP contribution in [0.15, 0.2) is 0 Å². The van der Waals surface area contributed by atoms with Gasteiger partial charge in [-0.3, -0.25) is 4.79 Å². The highest BCUT2D eigenvalue weighted by Crippen LogP contribution is 2.44. The standard InChI is InChI=1S/C8H11F2NO2.ClH/c9-8(10)3-4-1-2-5(8)6(11-4)7(12)13;/h4-6,11H,1-3H2,(H,12,13);1H/t4?,5?,6-;/m0./s1. The number of rotatable bonds is 1. The van der Waals surface area contributed by atoms with E-state index in [0.29, 0.717) is 12.8 Å². The third-order valence-electron chi connectivity index (χ3n) is 2.97. The Balaban J connectivity index is 0.000000980. The second-order valence-electron chi connectivity index (χ2n) is 3.83. The maximum absolute atomic E-state index is 13.2. The first-order valence-electron chi connectivity index (χ1n) is 4.37. The Kier molecular flexibility index (Phi) is 3.02. The van der Waals surface area contributed by atoms with E-state index in [1.807, 2.05) is 0 Å². The fourth-order valence-corrected chi connectivity index (χ4v) is 2.34. The second-order valence-corrected chi connectivity index (χ2v) is 3.83.